The molecule has 0 unspecified atom stereocenters. The molecule has 0 aromatic heterocycles. The van der Waals surface area contributed by atoms with Crippen molar-refractivity contribution >= 4 is 5.91 Å². The van der Waals surface area contributed by atoms with Gasteiger partial charge in [0.1, 0.15) is 0 Å². The zero-order chi connectivity index (χ0) is 17.8. The fourth-order valence-corrected chi connectivity index (χ4v) is 4.01. The van der Waals surface area contributed by atoms with Crippen LogP contribution >= 0.6 is 0 Å². The molecule has 0 atom stereocenters. The van der Waals surface area contributed by atoms with Crippen LogP contribution < -0.4 is 9.47 Å². The Kier molecular flexibility index (Phi) is 5.60. The monoisotopic (exact) mass is 359 g/mol. The summed E-state index contributed by atoms with van der Waals surface area (Å²) in [6, 6.07) is 6.19. The van der Waals surface area contributed by atoms with Crippen LogP contribution in [0.3, 0.4) is 0 Å². The predicted octanol–water partition coefficient (Wildman–Crippen LogP) is 1.94. The van der Waals surface area contributed by atoms with E-state index in [0.717, 1.165) is 70.2 Å². The van der Waals surface area contributed by atoms with Crippen molar-refractivity contribution in [3.05, 3.63) is 23.8 Å². The van der Waals surface area contributed by atoms with Gasteiger partial charge in [0.25, 0.3) is 0 Å². The number of carbonyl (C=O) groups excluding carboxylic acids is 1. The highest BCUT2D eigenvalue weighted by Crippen LogP contribution is 2.32. The lowest BCUT2D eigenvalue weighted by Gasteiger charge is -2.35. The third-order valence-corrected chi connectivity index (χ3v) is 5.63. The van der Waals surface area contributed by atoms with Crippen LogP contribution in [-0.2, 0) is 11.3 Å². The Labute approximate surface area is 155 Å². The summed E-state index contributed by atoms with van der Waals surface area (Å²) in [5, 5.41) is 0. The number of hydrogen-bond acceptors (Lipinski definition) is 5. The molecule has 142 valence electrons. The summed E-state index contributed by atoms with van der Waals surface area (Å²) >= 11 is 0. The van der Waals surface area contributed by atoms with Gasteiger partial charge in [-0.3, -0.25) is 14.6 Å². The minimum Gasteiger partial charge on any atom is -0.454 e. The van der Waals surface area contributed by atoms with Crippen LogP contribution in [0.2, 0.25) is 0 Å². The summed E-state index contributed by atoms with van der Waals surface area (Å²) < 4.78 is 10.8. The number of carbonyl (C=O) groups is 1. The van der Waals surface area contributed by atoms with E-state index in [1.54, 1.807) is 0 Å². The van der Waals surface area contributed by atoms with Crippen molar-refractivity contribution in [1.82, 2.24) is 14.7 Å². The lowest BCUT2D eigenvalue weighted by atomic mass is 10.1. The van der Waals surface area contributed by atoms with Gasteiger partial charge in [-0.05, 0) is 30.5 Å². The Morgan fingerprint density at radius 2 is 1.54 bits per heavy atom. The van der Waals surface area contributed by atoms with E-state index in [-0.39, 0.29) is 0 Å². The molecule has 6 heteroatoms. The first-order valence-electron chi connectivity index (χ1n) is 9.89. The lowest BCUT2D eigenvalue weighted by Crippen LogP contribution is -2.49. The molecule has 0 spiro atoms. The SMILES string of the molecule is O=C(CN1CCN(Cc2ccc3c(c2)OCO3)CC1)N1CCCCCC1. The number of piperazine rings is 1. The van der Waals surface area contributed by atoms with Crippen LogP contribution in [0.25, 0.3) is 0 Å². The number of ether oxygens (including phenoxy) is 2. The van der Waals surface area contributed by atoms with E-state index in [9.17, 15) is 4.79 Å². The molecule has 3 aliphatic rings. The maximum Gasteiger partial charge on any atom is 0.236 e. The van der Waals surface area contributed by atoms with Gasteiger partial charge in [-0.1, -0.05) is 18.9 Å². The summed E-state index contributed by atoms with van der Waals surface area (Å²) in [5.41, 5.74) is 1.25. The third-order valence-electron chi connectivity index (χ3n) is 5.63. The lowest BCUT2D eigenvalue weighted by molar-refractivity contribution is -0.132. The highest BCUT2D eigenvalue weighted by Gasteiger charge is 2.23. The van der Waals surface area contributed by atoms with Crippen LogP contribution in [0.15, 0.2) is 18.2 Å². The smallest absolute Gasteiger partial charge is 0.236 e. The second-order valence-corrected chi connectivity index (χ2v) is 7.53. The summed E-state index contributed by atoms with van der Waals surface area (Å²) in [5.74, 6) is 2.01. The molecule has 0 radical (unpaired) electrons. The molecule has 1 aromatic carbocycles. The molecule has 2 saturated heterocycles. The molecule has 1 aromatic rings. The van der Waals surface area contributed by atoms with Gasteiger partial charge in [0.15, 0.2) is 11.5 Å². The number of likely N-dealkylation sites (tertiary alicyclic amines) is 1. The first-order chi connectivity index (χ1) is 12.8. The molecule has 3 heterocycles. The quantitative estimate of drug-likeness (QED) is 0.822. The van der Waals surface area contributed by atoms with E-state index < -0.39 is 0 Å². The summed E-state index contributed by atoms with van der Waals surface area (Å²) in [6.07, 6.45) is 4.86. The maximum absolute atomic E-state index is 12.5. The van der Waals surface area contributed by atoms with Crippen molar-refractivity contribution in [2.24, 2.45) is 0 Å². The summed E-state index contributed by atoms with van der Waals surface area (Å²) in [4.78, 5) is 19.4. The van der Waals surface area contributed by atoms with Crippen LogP contribution in [0, 0.1) is 0 Å². The van der Waals surface area contributed by atoms with E-state index in [1.165, 1.54) is 18.4 Å². The number of hydrogen-bond donors (Lipinski definition) is 0. The molecule has 4 rings (SSSR count). The van der Waals surface area contributed by atoms with Gasteiger partial charge >= 0.3 is 0 Å². The van der Waals surface area contributed by atoms with Crippen LogP contribution in [0.4, 0.5) is 0 Å². The molecule has 0 N–H and O–H groups in total. The van der Waals surface area contributed by atoms with Gasteiger partial charge in [0, 0.05) is 45.8 Å². The second kappa shape index (κ2) is 8.27. The topological polar surface area (TPSA) is 45.3 Å². The van der Waals surface area contributed by atoms with Crippen LogP contribution in [-0.4, -0.2) is 73.2 Å². The van der Waals surface area contributed by atoms with Gasteiger partial charge in [-0.25, -0.2) is 0 Å². The minimum atomic E-state index is 0.316. The molecule has 0 saturated carbocycles. The number of fused-ring (bicyclic) bond motifs is 1. The normalized spacial score (nSPS) is 21.6. The third kappa shape index (κ3) is 4.30. The van der Waals surface area contributed by atoms with Gasteiger partial charge in [0.2, 0.25) is 12.7 Å². The average molecular weight is 359 g/mol. The van der Waals surface area contributed by atoms with E-state index in [1.807, 2.05) is 6.07 Å². The highest BCUT2D eigenvalue weighted by molar-refractivity contribution is 5.78. The van der Waals surface area contributed by atoms with Gasteiger partial charge in [0.05, 0.1) is 6.54 Å². The van der Waals surface area contributed by atoms with Crippen molar-refractivity contribution in [3.63, 3.8) is 0 Å². The average Bonchev–Trinajstić information content (AvgIpc) is 2.95. The van der Waals surface area contributed by atoms with Crippen molar-refractivity contribution < 1.29 is 14.3 Å². The Morgan fingerprint density at radius 1 is 0.846 bits per heavy atom. The zero-order valence-corrected chi connectivity index (χ0v) is 15.5. The molecule has 2 fully saturated rings. The van der Waals surface area contributed by atoms with Crippen molar-refractivity contribution in [2.75, 3.05) is 52.6 Å². The zero-order valence-electron chi connectivity index (χ0n) is 15.5. The molecule has 3 aliphatic heterocycles. The predicted molar refractivity (Wildman–Crippen MR) is 99.3 cm³/mol. The maximum atomic E-state index is 12.5. The Hall–Kier alpha value is -1.79. The Morgan fingerprint density at radius 3 is 2.31 bits per heavy atom. The van der Waals surface area contributed by atoms with Crippen molar-refractivity contribution in [1.29, 1.82) is 0 Å². The van der Waals surface area contributed by atoms with Gasteiger partial charge < -0.3 is 14.4 Å². The second-order valence-electron chi connectivity index (χ2n) is 7.53. The number of nitrogens with zero attached hydrogens (tertiary/aromatic N) is 3. The Bertz CT molecular complexity index is 621. The molecule has 0 bridgehead atoms. The fourth-order valence-electron chi connectivity index (χ4n) is 4.01. The molecule has 0 aliphatic carbocycles. The molecular formula is C20H29N3O3. The standard InChI is InChI=1S/C20H29N3O3/c24-20(23-7-3-1-2-4-8-23)15-22-11-9-21(10-12-22)14-17-5-6-18-19(13-17)26-16-25-18/h5-6,13H,1-4,7-12,14-16H2. The van der Waals surface area contributed by atoms with E-state index in [2.05, 4.69) is 26.8 Å². The number of benzene rings is 1. The van der Waals surface area contributed by atoms with E-state index in [0.29, 0.717) is 19.2 Å². The highest BCUT2D eigenvalue weighted by atomic mass is 16.7. The van der Waals surface area contributed by atoms with E-state index >= 15 is 0 Å². The molecule has 26 heavy (non-hydrogen) atoms. The number of rotatable bonds is 4. The fraction of sp³-hybridized carbons (Fsp3) is 0.650. The minimum absolute atomic E-state index is 0.316. The summed E-state index contributed by atoms with van der Waals surface area (Å²) in [7, 11) is 0. The first kappa shape index (κ1) is 17.6. The molecular weight excluding hydrogens is 330 g/mol. The largest absolute Gasteiger partial charge is 0.454 e. The molecule has 1 amide bonds. The summed E-state index contributed by atoms with van der Waals surface area (Å²) in [6.45, 7) is 7.65. The first-order valence-corrected chi connectivity index (χ1v) is 9.89. The van der Waals surface area contributed by atoms with Gasteiger partial charge in [-0.15, -0.1) is 0 Å². The Balaban J connectivity index is 1.23. The number of amides is 1. The van der Waals surface area contributed by atoms with E-state index in [4.69, 9.17) is 9.47 Å². The van der Waals surface area contributed by atoms with Gasteiger partial charge in [-0.2, -0.15) is 0 Å². The molecule has 6 nitrogen and oxygen atoms in total. The van der Waals surface area contributed by atoms with Crippen LogP contribution in [0.5, 0.6) is 11.5 Å². The van der Waals surface area contributed by atoms with Crippen molar-refractivity contribution in [3.8, 4) is 11.5 Å². The van der Waals surface area contributed by atoms with Crippen molar-refractivity contribution in [2.45, 2.75) is 32.2 Å². The van der Waals surface area contributed by atoms with Crippen LogP contribution in [0.1, 0.15) is 31.2 Å².